The average molecular weight is 585 g/mol. The Labute approximate surface area is 240 Å². The SMILES string of the molecule is C=C/N=C\C(=C/N)C(=O)NC(C)(Cc1cn(C)cn1)C(=O)NCc1ccc(Oc2ccc(OC)cc2C(F)(F)F)cc1. The molecule has 1 unspecified atom stereocenters. The standard InChI is InChI=1S/C29H31F3N6O4/c1-5-34-16-20(14-33)26(39)37-28(2,13-21-17-38(3)18-36-21)27(40)35-15-19-6-8-22(9-7-19)42-25-11-10-23(41-4)12-24(25)29(30,31)32/h5-12,14,16-18H,1,13,15,33H2,2-4H3,(H,35,40)(H,37,39)/b20-14+,34-16-. The molecule has 3 rings (SSSR count). The third kappa shape index (κ3) is 8.22. The number of aliphatic imine (C=N–C) groups is 1. The number of imidazole rings is 1. The zero-order valence-electron chi connectivity index (χ0n) is 23.2. The Morgan fingerprint density at radius 1 is 1.17 bits per heavy atom. The molecule has 1 heterocycles. The van der Waals surface area contributed by atoms with Crippen molar-refractivity contribution >= 4 is 18.0 Å². The molecule has 0 fully saturated rings. The number of amides is 2. The lowest BCUT2D eigenvalue weighted by Crippen LogP contribution is -2.58. The number of aryl methyl sites for hydroxylation is 1. The first-order chi connectivity index (χ1) is 19.9. The summed E-state index contributed by atoms with van der Waals surface area (Å²) >= 11 is 0. The van der Waals surface area contributed by atoms with E-state index in [0.717, 1.165) is 12.3 Å². The molecule has 10 nitrogen and oxygen atoms in total. The molecule has 13 heteroatoms. The van der Waals surface area contributed by atoms with Crippen LogP contribution in [-0.2, 0) is 35.8 Å². The van der Waals surface area contributed by atoms with E-state index in [1.54, 1.807) is 43.2 Å². The fraction of sp³-hybridized carbons (Fsp3) is 0.241. The van der Waals surface area contributed by atoms with Crippen molar-refractivity contribution in [1.29, 1.82) is 0 Å². The van der Waals surface area contributed by atoms with E-state index in [1.165, 1.54) is 43.8 Å². The molecule has 0 aliphatic carbocycles. The summed E-state index contributed by atoms with van der Waals surface area (Å²) in [6.07, 6.45) is 2.23. The molecule has 4 N–H and O–H groups in total. The van der Waals surface area contributed by atoms with Crippen molar-refractivity contribution in [2.75, 3.05) is 7.11 Å². The van der Waals surface area contributed by atoms with E-state index in [9.17, 15) is 22.8 Å². The maximum atomic E-state index is 13.5. The van der Waals surface area contributed by atoms with Gasteiger partial charge in [0.15, 0.2) is 0 Å². The Morgan fingerprint density at radius 2 is 1.86 bits per heavy atom. The molecule has 0 aliphatic rings. The Balaban J connectivity index is 1.74. The van der Waals surface area contributed by atoms with Crippen molar-refractivity contribution in [3.63, 3.8) is 0 Å². The molecule has 0 saturated heterocycles. The minimum atomic E-state index is -4.65. The monoisotopic (exact) mass is 584 g/mol. The quantitative estimate of drug-likeness (QED) is 0.218. The second kappa shape index (κ2) is 13.5. The number of carbonyl (C=O) groups excluding carboxylic acids is 2. The minimum absolute atomic E-state index is 0.0241. The maximum absolute atomic E-state index is 13.5. The van der Waals surface area contributed by atoms with E-state index >= 15 is 0 Å². The van der Waals surface area contributed by atoms with Gasteiger partial charge in [0.05, 0.1) is 24.7 Å². The van der Waals surface area contributed by atoms with Gasteiger partial charge in [-0.15, -0.1) is 0 Å². The van der Waals surface area contributed by atoms with Gasteiger partial charge in [0.2, 0.25) is 5.91 Å². The van der Waals surface area contributed by atoms with Crippen LogP contribution >= 0.6 is 0 Å². The highest BCUT2D eigenvalue weighted by Crippen LogP contribution is 2.40. The molecule has 0 aliphatic heterocycles. The summed E-state index contributed by atoms with van der Waals surface area (Å²) in [5.74, 6) is -1.31. The highest BCUT2D eigenvalue weighted by atomic mass is 19.4. The molecule has 42 heavy (non-hydrogen) atoms. The van der Waals surface area contributed by atoms with Crippen LogP contribution in [0.5, 0.6) is 17.2 Å². The van der Waals surface area contributed by atoms with E-state index in [4.69, 9.17) is 15.2 Å². The van der Waals surface area contributed by atoms with Gasteiger partial charge in [-0.25, -0.2) is 4.98 Å². The van der Waals surface area contributed by atoms with Gasteiger partial charge >= 0.3 is 6.18 Å². The van der Waals surface area contributed by atoms with Crippen LogP contribution in [0.2, 0.25) is 0 Å². The van der Waals surface area contributed by atoms with Crippen molar-refractivity contribution in [1.82, 2.24) is 20.2 Å². The molecule has 0 bridgehead atoms. The van der Waals surface area contributed by atoms with Gasteiger partial charge in [0, 0.05) is 44.8 Å². The molecular formula is C29H31F3N6O4. The van der Waals surface area contributed by atoms with Crippen LogP contribution < -0.4 is 25.8 Å². The third-order valence-electron chi connectivity index (χ3n) is 6.04. The molecular weight excluding hydrogens is 553 g/mol. The first-order valence-corrected chi connectivity index (χ1v) is 12.5. The number of carbonyl (C=O) groups is 2. The fourth-order valence-electron chi connectivity index (χ4n) is 3.86. The zero-order chi connectivity index (χ0) is 30.9. The fourth-order valence-corrected chi connectivity index (χ4v) is 3.86. The number of nitrogens with two attached hydrogens (primary N) is 1. The van der Waals surface area contributed by atoms with Crippen LogP contribution in [0, 0.1) is 0 Å². The van der Waals surface area contributed by atoms with Crippen molar-refractivity contribution in [3.8, 4) is 17.2 Å². The van der Waals surface area contributed by atoms with Crippen LogP contribution in [0.15, 0.2) is 84.5 Å². The Kier molecular flexibility index (Phi) is 10.1. The average Bonchev–Trinajstić information content (AvgIpc) is 3.36. The predicted molar refractivity (Wildman–Crippen MR) is 151 cm³/mol. The van der Waals surface area contributed by atoms with Crippen LogP contribution in [0.4, 0.5) is 13.2 Å². The summed E-state index contributed by atoms with van der Waals surface area (Å²) in [7, 11) is 3.05. The summed E-state index contributed by atoms with van der Waals surface area (Å²) in [6, 6.07) is 9.58. The topological polar surface area (TPSA) is 133 Å². The number of halogens is 3. The van der Waals surface area contributed by atoms with Crippen molar-refractivity contribution in [3.05, 3.63) is 96.4 Å². The summed E-state index contributed by atoms with van der Waals surface area (Å²) in [4.78, 5) is 34.4. The third-order valence-corrected chi connectivity index (χ3v) is 6.04. The molecule has 222 valence electrons. The first kappa shape index (κ1) is 31.5. The lowest BCUT2D eigenvalue weighted by Gasteiger charge is -2.29. The number of hydrogen-bond donors (Lipinski definition) is 3. The maximum Gasteiger partial charge on any atom is 0.420 e. The van der Waals surface area contributed by atoms with Crippen LogP contribution in [0.3, 0.4) is 0 Å². The van der Waals surface area contributed by atoms with Crippen LogP contribution in [-0.4, -0.2) is 40.2 Å². The highest BCUT2D eigenvalue weighted by Gasteiger charge is 2.37. The predicted octanol–water partition coefficient (Wildman–Crippen LogP) is 4.03. The molecule has 0 saturated carbocycles. The molecule has 0 radical (unpaired) electrons. The number of rotatable bonds is 12. The second-order valence-corrected chi connectivity index (χ2v) is 9.36. The second-order valence-electron chi connectivity index (χ2n) is 9.36. The van der Waals surface area contributed by atoms with Gasteiger partial charge in [0.25, 0.3) is 5.91 Å². The number of ether oxygens (including phenoxy) is 2. The van der Waals surface area contributed by atoms with Crippen molar-refractivity contribution < 1.29 is 32.2 Å². The number of aromatic nitrogens is 2. The number of benzene rings is 2. The first-order valence-electron chi connectivity index (χ1n) is 12.5. The van der Waals surface area contributed by atoms with Gasteiger partial charge in [-0.05, 0) is 42.8 Å². The normalized spacial score (nSPS) is 13.3. The summed E-state index contributed by atoms with van der Waals surface area (Å²) in [6.45, 7) is 5.07. The highest BCUT2D eigenvalue weighted by molar-refractivity contribution is 6.13. The number of methoxy groups -OCH3 is 1. The van der Waals surface area contributed by atoms with Crippen LogP contribution in [0.25, 0.3) is 0 Å². The number of nitrogens with one attached hydrogen (secondary N) is 2. The van der Waals surface area contributed by atoms with E-state index in [-0.39, 0.29) is 35.8 Å². The van der Waals surface area contributed by atoms with Gasteiger partial charge in [-0.2, -0.15) is 13.2 Å². The van der Waals surface area contributed by atoms with Crippen molar-refractivity contribution in [2.24, 2.45) is 17.8 Å². The van der Waals surface area contributed by atoms with E-state index < -0.39 is 29.1 Å². The molecule has 3 aromatic rings. The molecule has 1 atom stereocenters. The zero-order valence-corrected chi connectivity index (χ0v) is 23.2. The van der Waals surface area contributed by atoms with Gasteiger partial charge in [-0.3, -0.25) is 14.6 Å². The summed E-state index contributed by atoms with van der Waals surface area (Å²) in [5, 5.41) is 5.50. The lowest BCUT2D eigenvalue weighted by atomic mass is 9.94. The Bertz CT molecular complexity index is 1480. The number of hydrogen-bond acceptors (Lipinski definition) is 7. The van der Waals surface area contributed by atoms with Gasteiger partial charge in [-0.1, -0.05) is 18.7 Å². The smallest absolute Gasteiger partial charge is 0.420 e. The van der Waals surface area contributed by atoms with Crippen molar-refractivity contribution in [2.45, 2.75) is 31.6 Å². The number of nitrogens with zero attached hydrogens (tertiary/aromatic N) is 3. The molecule has 0 spiro atoms. The van der Waals surface area contributed by atoms with Gasteiger partial charge < -0.3 is 30.4 Å². The summed E-state index contributed by atoms with van der Waals surface area (Å²) in [5.41, 5.74) is 4.37. The minimum Gasteiger partial charge on any atom is -0.497 e. The summed E-state index contributed by atoms with van der Waals surface area (Å²) < 4.78 is 52.6. The van der Waals surface area contributed by atoms with E-state index in [1.807, 2.05) is 0 Å². The van der Waals surface area contributed by atoms with E-state index in [2.05, 4.69) is 27.2 Å². The largest absolute Gasteiger partial charge is 0.497 e. The molecule has 1 aromatic heterocycles. The molecule has 2 amide bonds. The Morgan fingerprint density at radius 3 is 2.43 bits per heavy atom. The van der Waals surface area contributed by atoms with Gasteiger partial charge in [0.1, 0.15) is 28.4 Å². The van der Waals surface area contributed by atoms with Crippen LogP contribution in [0.1, 0.15) is 23.7 Å². The molecule has 2 aromatic carbocycles. The Hall–Kier alpha value is -5.07. The number of alkyl halides is 3. The lowest BCUT2D eigenvalue weighted by molar-refractivity contribution is -0.138. The van der Waals surface area contributed by atoms with E-state index in [0.29, 0.717) is 11.3 Å².